The molecule has 0 saturated carbocycles. The number of piperidine rings is 1. The lowest BCUT2D eigenvalue weighted by Crippen LogP contribution is -2.44. The van der Waals surface area contributed by atoms with E-state index in [4.69, 9.17) is 20.4 Å². The number of benzene rings is 1. The zero-order valence-corrected chi connectivity index (χ0v) is 18.5. The van der Waals surface area contributed by atoms with Crippen molar-refractivity contribution in [2.45, 2.75) is 37.8 Å². The number of halogens is 1. The van der Waals surface area contributed by atoms with Crippen LogP contribution in [0.4, 0.5) is 6.01 Å². The van der Waals surface area contributed by atoms with E-state index in [1.807, 2.05) is 19.9 Å². The summed E-state index contributed by atoms with van der Waals surface area (Å²) in [5.74, 6) is 0.712. The molecule has 3 aromatic rings. The molecule has 160 valence electrons. The Bertz CT molecular complexity index is 1070. The molecule has 1 saturated heterocycles. The summed E-state index contributed by atoms with van der Waals surface area (Å²) in [4.78, 5) is 19.1. The van der Waals surface area contributed by atoms with Crippen LogP contribution in [0.3, 0.4) is 0 Å². The summed E-state index contributed by atoms with van der Waals surface area (Å²) in [7, 11) is -1.23. The molecule has 2 aromatic heterocycles. The van der Waals surface area contributed by atoms with Crippen LogP contribution in [0.1, 0.15) is 37.2 Å². The summed E-state index contributed by atoms with van der Waals surface area (Å²) in [5, 5.41) is 3.98. The maximum absolute atomic E-state index is 12.5. The average molecular weight is 450 g/mol. The van der Waals surface area contributed by atoms with Gasteiger partial charge in [0.15, 0.2) is 16.4 Å². The Morgan fingerprint density at radius 2 is 2.03 bits per heavy atom. The van der Waals surface area contributed by atoms with E-state index in [1.54, 1.807) is 24.3 Å². The minimum absolute atomic E-state index is 0.0299. The zero-order valence-electron chi connectivity index (χ0n) is 16.9. The predicted octanol–water partition coefficient (Wildman–Crippen LogP) is 4.24. The molecule has 1 unspecified atom stereocenters. The van der Waals surface area contributed by atoms with Crippen molar-refractivity contribution < 1.29 is 17.8 Å². The minimum Gasteiger partial charge on any atom is -0.442 e. The van der Waals surface area contributed by atoms with Crippen molar-refractivity contribution in [1.82, 2.24) is 10.3 Å². The van der Waals surface area contributed by atoms with Gasteiger partial charge in [0, 0.05) is 29.9 Å². The number of carbonyl (C=O) groups excluding carboxylic acids is 1. The Labute approximate surface area is 182 Å². The first-order valence-electron chi connectivity index (χ1n) is 9.99. The number of amides is 1. The second kappa shape index (κ2) is 8.81. The highest BCUT2D eigenvalue weighted by atomic mass is 35.5. The zero-order chi connectivity index (χ0) is 21.3. The van der Waals surface area contributed by atoms with E-state index >= 15 is 0 Å². The van der Waals surface area contributed by atoms with E-state index in [1.165, 1.54) is 0 Å². The molecular weight excluding hydrogens is 426 g/mol. The predicted molar refractivity (Wildman–Crippen MR) is 117 cm³/mol. The van der Waals surface area contributed by atoms with Crippen LogP contribution < -0.4 is 10.2 Å². The summed E-state index contributed by atoms with van der Waals surface area (Å²) in [5.41, 5.74) is 1.43. The number of anilines is 1. The number of hydrogen-bond acceptors (Lipinski definition) is 6. The summed E-state index contributed by atoms with van der Waals surface area (Å²) >= 11 is 6.01. The van der Waals surface area contributed by atoms with Gasteiger partial charge in [0.05, 0.1) is 10.8 Å². The third-order valence-electron chi connectivity index (χ3n) is 4.95. The normalized spacial score (nSPS) is 16.3. The van der Waals surface area contributed by atoms with Gasteiger partial charge in [-0.15, -0.1) is 0 Å². The lowest BCUT2D eigenvalue weighted by molar-refractivity contribution is 0.0897. The topological polar surface area (TPSA) is 88.6 Å². The van der Waals surface area contributed by atoms with Crippen molar-refractivity contribution in [3.63, 3.8) is 0 Å². The van der Waals surface area contributed by atoms with Gasteiger partial charge in [-0.25, -0.2) is 0 Å². The van der Waals surface area contributed by atoms with Crippen LogP contribution >= 0.6 is 11.6 Å². The molecule has 1 atom stereocenters. The summed E-state index contributed by atoms with van der Waals surface area (Å²) in [6.45, 7) is 5.42. The molecule has 4 rings (SSSR count). The third-order valence-corrected chi connectivity index (χ3v) is 6.83. The fraction of sp³-hybridized carbons (Fsp3) is 0.429. The van der Waals surface area contributed by atoms with Crippen LogP contribution in [0.15, 0.2) is 44.3 Å². The van der Waals surface area contributed by atoms with E-state index in [9.17, 15) is 9.00 Å². The molecule has 1 amide bonds. The monoisotopic (exact) mass is 449 g/mol. The van der Waals surface area contributed by atoms with Crippen LogP contribution in [0.2, 0.25) is 5.02 Å². The summed E-state index contributed by atoms with van der Waals surface area (Å²) in [6.07, 6.45) is 1.52. The van der Waals surface area contributed by atoms with E-state index in [0.717, 1.165) is 18.4 Å². The van der Waals surface area contributed by atoms with Gasteiger partial charge < -0.3 is 19.1 Å². The average Bonchev–Trinajstić information content (AvgIpc) is 3.35. The van der Waals surface area contributed by atoms with E-state index < -0.39 is 10.8 Å². The van der Waals surface area contributed by atoms with E-state index in [-0.39, 0.29) is 23.6 Å². The summed E-state index contributed by atoms with van der Waals surface area (Å²) in [6, 6.07) is 9.17. The Balaban J connectivity index is 1.32. The van der Waals surface area contributed by atoms with Crippen LogP contribution in [0.5, 0.6) is 0 Å². The smallest absolute Gasteiger partial charge is 0.298 e. The number of fused-ring (bicyclic) bond motifs is 1. The number of rotatable bonds is 6. The first-order chi connectivity index (χ1) is 14.4. The Kier molecular flexibility index (Phi) is 6.15. The van der Waals surface area contributed by atoms with Crippen LogP contribution in [0, 0.1) is 5.92 Å². The molecular formula is C21H24ClN3O4S. The fourth-order valence-electron chi connectivity index (χ4n) is 3.44. The van der Waals surface area contributed by atoms with Crippen LogP contribution in [-0.2, 0) is 10.8 Å². The quantitative estimate of drug-likeness (QED) is 0.605. The fourth-order valence-corrected chi connectivity index (χ4v) is 4.78. The van der Waals surface area contributed by atoms with Gasteiger partial charge >= 0.3 is 0 Å². The van der Waals surface area contributed by atoms with Crippen molar-refractivity contribution in [3.8, 4) is 0 Å². The van der Waals surface area contributed by atoms with Gasteiger partial charge in [0.2, 0.25) is 0 Å². The van der Waals surface area contributed by atoms with Crippen molar-refractivity contribution in [3.05, 3.63) is 41.1 Å². The standard InChI is InChI=1S/C21H24ClN3O4S/c1-13(2)12-30(27)19-6-5-18(28-19)20(26)23-15-7-9-25(10-8-15)21-24-16-11-14(22)3-4-17(16)29-21/h3-6,11,13,15H,7-10,12H2,1-2H3,(H,23,26). The molecule has 0 aliphatic carbocycles. The molecule has 0 spiro atoms. The SMILES string of the molecule is CC(C)CS(=O)c1ccc(C(=O)NC2CCN(c3nc4cc(Cl)ccc4o3)CC2)o1. The molecule has 1 aromatic carbocycles. The number of nitrogens with one attached hydrogen (secondary N) is 1. The number of hydrogen-bond donors (Lipinski definition) is 1. The molecule has 0 radical (unpaired) electrons. The van der Waals surface area contributed by atoms with E-state index in [0.29, 0.717) is 40.6 Å². The van der Waals surface area contributed by atoms with Crippen molar-refractivity contribution >= 4 is 45.4 Å². The Hall–Kier alpha value is -2.32. The molecule has 1 N–H and O–H groups in total. The first-order valence-corrected chi connectivity index (χ1v) is 11.7. The third kappa shape index (κ3) is 4.70. The molecule has 1 aliphatic rings. The minimum atomic E-state index is -1.23. The number of carbonyl (C=O) groups is 1. The first kappa shape index (κ1) is 20.9. The molecule has 1 fully saturated rings. The van der Waals surface area contributed by atoms with Crippen molar-refractivity contribution in [2.75, 3.05) is 23.7 Å². The lowest BCUT2D eigenvalue weighted by atomic mass is 10.1. The Morgan fingerprint density at radius 3 is 2.77 bits per heavy atom. The second-order valence-electron chi connectivity index (χ2n) is 7.87. The highest BCUT2D eigenvalue weighted by molar-refractivity contribution is 7.84. The lowest BCUT2D eigenvalue weighted by Gasteiger charge is -2.31. The van der Waals surface area contributed by atoms with Crippen molar-refractivity contribution in [1.29, 1.82) is 0 Å². The Morgan fingerprint density at radius 1 is 1.27 bits per heavy atom. The number of aromatic nitrogens is 1. The number of oxazole rings is 1. The van der Waals surface area contributed by atoms with Gasteiger partial charge in [-0.3, -0.25) is 9.00 Å². The molecule has 9 heteroatoms. The second-order valence-corrected chi connectivity index (χ2v) is 9.73. The van der Waals surface area contributed by atoms with Crippen LogP contribution in [0.25, 0.3) is 11.1 Å². The van der Waals surface area contributed by atoms with Gasteiger partial charge in [-0.1, -0.05) is 25.4 Å². The molecule has 7 nitrogen and oxygen atoms in total. The van der Waals surface area contributed by atoms with Crippen LogP contribution in [-0.4, -0.2) is 40.0 Å². The van der Waals surface area contributed by atoms with Gasteiger partial charge in [0.25, 0.3) is 11.9 Å². The molecule has 0 bridgehead atoms. The van der Waals surface area contributed by atoms with E-state index in [2.05, 4.69) is 15.2 Å². The van der Waals surface area contributed by atoms with Gasteiger partial charge in [-0.05, 0) is 49.1 Å². The largest absolute Gasteiger partial charge is 0.442 e. The van der Waals surface area contributed by atoms with Crippen molar-refractivity contribution in [2.24, 2.45) is 5.92 Å². The maximum Gasteiger partial charge on any atom is 0.298 e. The maximum atomic E-state index is 12.5. The number of nitrogens with zero attached hydrogens (tertiary/aromatic N) is 2. The van der Waals surface area contributed by atoms with Gasteiger partial charge in [-0.2, -0.15) is 4.98 Å². The molecule has 30 heavy (non-hydrogen) atoms. The molecule has 1 aliphatic heterocycles. The summed E-state index contributed by atoms with van der Waals surface area (Å²) < 4.78 is 23.5. The highest BCUT2D eigenvalue weighted by Gasteiger charge is 2.25. The highest BCUT2D eigenvalue weighted by Crippen LogP contribution is 2.26. The molecule has 3 heterocycles. The van der Waals surface area contributed by atoms with Gasteiger partial charge in [0.1, 0.15) is 5.52 Å². The number of furan rings is 1.